The largest absolute Gasteiger partial charge is 0.409 e. The van der Waals surface area contributed by atoms with Crippen molar-refractivity contribution in [1.29, 1.82) is 0 Å². The lowest BCUT2D eigenvalue weighted by molar-refractivity contribution is 0.226. The number of oxime groups is 1. The smallest absolute Gasteiger partial charge is 0.173 e. The quantitative estimate of drug-likeness (QED) is 0.369. The Hall–Kier alpha value is -1.23. The standard InChI is InChI=1S/C16H22BrN3O/c17-12-4-3-5-13(14(12)15(18)19-21)20-10-8-16(9-11-20)6-1-2-7-16/h3-5,21H,1-2,6-11H2,(H2,18,19). The molecule has 2 aliphatic rings. The van der Waals surface area contributed by atoms with Crippen molar-refractivity contribution >= 4 is 27.5 Å². The van der Waals surface area contributed by atoms with E-state index in [-0.39, 0.29) is 5.84 Å². The molecule has 1 heterocycles. The highest BCUT2D eigenvalue weighted by Gasteiger charge is 2.37. The highest BCUT2D eigenvalue weighted by atomic mass is 79.9. The van der Waals surface area contributed by atoms with Crippen LogP contribution in [-0.2, 0) is 0 Å². The van der Waals surface area contributed by atoms with Gasteiger partial charge in [0, 0.05) is 23.2 Å². The second-order valence-electron chi connectivity index (χ2n) is 6.31. The van der Waals surface area contributed by atoms with Crippen LogP contribution in [0.4, 0.5) is 5.69 Å². The van der Waals surface area contributed by atoms with Gasteiger partial charge in [-0.3, -0.25) is 0 Å². The molecule has 1 spiro atoms. The maximum absolute atomic E-state index is 9.03. The molecule has 114 valence electrons. The van der Waals surface area contributed by atoms with Gasteiger partial charge in [-0.25, -0.2) is 0 Å². The van der Waals surface area contributed by atoms with Crippen molar-refractivity contribution in [1.82, 2.24) is 0 Å². The number of benzene rings is 1. The van der Waals surface area contributed by atoms with Gasteiger partial charge in [0.1, 0.15) is 0 Å². The van der Waals surface area contributed by atoms with Crippen LogP contribution in [0.25, 0.3) is 0 Å². The number of hydrogen-bond donors (Lipinski definition) is 2. The van der Waals surface area contributed by atoms with E-state index in [1.165, 1.54) is 38.5 Å². The first kappa shape index (κ1) is 14.7. The molecule has 1 saturated carbocycles. The number of piperidine rings is 1. The fraction of sp³-hybridized carbons (Fsp3) is 0.562. The molecule has 21 heavy (non-hydrogen) atoms. The minimum atomic E-state index is 0.165. The Morgan fingerprint density at radius 1 is 1.19 bits per heavy atom. The van der Waals surface area contributed by atoms with E-state index in [0.29, 0.717) is 5.41 Å². The number of nitrogens with two attached hydrogens (primary N) is 1. The zero-order chi connectivity index (χ0) is 14.9. The average molecular weight is 352 g/mol. The summed E-state index contributed by atoms with van der Waals surface area (Å²) in [4.78, 5) is 2.38. The number of amidine groups is 1. The number of nitrogens with zero attached hydrogens (tertiary/aromatic N) is 2. The van der Waals surface area contributed by atoms with Crippen LogP contribution in [0.2, 0.25) is 0 Å². The van der Waals surface area contributed by atoms with Gasteiger partial charge in [0.05, 0.1) is 5.56 Å². The van der Waals surface area contributed by atoms with Gasteiger partial charge in [-0.15, -0.1) is 0 Å². The predicted octanol–water partition coefficient (Wildman–Crippen LogP) is 3.70. The Morgan fingerprint density at radius 3 is 2.48 bits per heavy atom. The van der Waals surface area contributed by atoms with Crippen LogP contribution in [0.15, 0.2) is 27.8 Å². The van der Waals surface area contributed by atoms with Crippen molar-refractivity contribution in [2.24, 2.45) is 16.3 Å². The van der Waals surface area contributed by atoms with Crippen LogP contribution >= 0.6 is 15.9 Å². The number of hydrogen-bond acceptors (Lipinski definition) is 3. The van der Waals surface area contributed by atoms with Crippen LogP contribution in [0.3, 0.4) is 0 Å². The maximum Gasteiger partial charge on any atom is 0.173 e. The van der Waals surface area contributed by atoms with Gasteiger partial charge < -0.3 is 15.8 Å². The van der Waals surface area contributed by atoms with Crippen LogP contribution < -0.4 is 10.6 Å². The average Bonchev–Trinajstić information content (AvgIpc) is 2.95. The minimum absolute atomic E-state index is 0.165. The molecule has 1 saturated heterocycles. The monoisotopic (exact) mass is 351 g/mol. The molecule has 3 rings (SSSR count). The van der Waals surface area contributed by atoms with Crippen molar-refractivity contribution < 1.29 is 5.21 Å². The van der Waals surface area contributed by atoms with Crippen molar-refractivity contribution in [2.75, 3.05) is 18.0 Å². The highest BCUT2D eigenvalue weighted by molar-refractivity contribution is 9.10. The SMILES string of the molecule is N/C(=N/O)c1c(Br)cccc1N1CCC2(CCCC2)CC1. The van der Waals surface area contributed by atoms with E-state index < -0.39 is 0 Å². The molecule has 1 aromatic carbocycles. The topological polar surface area (TPSA) is 61.9 Å². The van der Waals surface area contributed by atoms with Gasteiger partial charge in [0.15, 0.2) is 5.84 Å². The summed E-state index contributed by atoms with van der Waals surface area (Å²) < 4.78 is 0.872. The number of rotatable bonds is 2. The minimum Gasteiger partial charge on any atom is -0.409 e. The van der Waals surface area contributed by atoms with E-state index >= 15 is 0 Å². The molecule has 1 aromatic rings. The molecule has 1 aliphatic heterocycles. The maximum atomic E-state index is 9.03. The van der Waals surface area contributed by atoms with Crippen molar-refractivity contribution in [3.8, 4) is 0 Å². The summed E-state index contributed by atoms with van der Waals surface area (Å²) in [5.41, 5.74) is 8.31. The third-order valence-corrected chi connectivity index (χ3v) is 5.85. The van der Waals surface area contributed by atoms with Crippen LogP contribution in [0.1, 0.15) is 44.1 Å². The molecule has 0 aromatic heterocycles. The summed E-state index contributed by atoms with van der Waals surface area (Å²) in [6.45, 7) is 2.12. The zero-order valence-corrected chi connectivity index (χ0v) is 13.8. The lowest BCUT2D eigenvalue weighted by Crippen LogP contribution is -2.39. The Balaban J connectivity index is 1.84. The van der Waals surface area contributed by atoms with Crippen LogP contribution in [-0.4, -0.2) is 24.1 Å². The van der Waals surface area contributed by atoms with E-state index in [1.807, 2.05) is 12.1 Å². The van der Waals surface area contributed by atoms with Gasteiger partial charge in [-0.2, -0.15) is 0 Å². The second kappa shape index (κ2) is 5.87. The Labute approximate surface area is 134 Å². The zero-order valence-electron chi connectivity index (χ0n) is 12.2. The van der Waals surface area contributed by atoms with Crippen LogP contribution in [0, 0.1) is 5.41 Å². The first-order valence-electron chi connectivity index (χ1n) is 7.67. The molecule has 2 fully saturated rings. The van der Waals surface area contributed by atoms with E-state index in [2.05, 4.69) is 32.1 Å². The van der Waals surface area contributed by atoms with E-state index in [9.17, 15) is 0 Å². The Bertz CT molecular complexity index is 542. The summed E-state index contributed by atoms with van der Waals surface area (Å²) in [5, 5.41) is 12.2. The van der Waals surface area contributed by atoms with E-state index in [0.717, 1.165) is 28.8 Å². The summed E-state index contributed by atoms with van der Waals surface area (Å²) in [6, 6.07) is 6.00. The molecule has 0 unspecified atom stereocenters. The Kier molecular flexibility index (Phi) is 4.11. The first-order valence-corrected chi connectivity index (χ1v) is 8.46. The molecular weight excluding hydrogens is 330 g/mol. The van der Waals surface area contributed by atoms with Gasteiger partial charge in [-0.05, 0) is 59.2 Å². The lowest BCUT2D eigenvalue weighted by atomic mass is 9.77. The Morgan fingerprint density at radius 2 is 1.86 bits per heavy atom. The van der Waals surface area contributed by atoms with Gasteiger partial charge in [-0.1, -0.05) is 24.1 Å². The molecule has 5 heteroatoms. The molecular formula is C16H22BrN3O. The van der Waals surface area contributed by atoms with Crippen molar-refractivity contribution in [3.63, 3.8) is 0 Å². The number of halogens is 1. The molecule has 1 aliphatic carbocycles. The highest BCUT2D eigenvalue weighted by Crippen LogP contribution is 2.47. The van der Waals surface area contributed by atoms with Crippen molar-refractivity contribution in [3.05, 3.63) is 28.2 Å². The molecule has 0 atom stereocenters. The third-order valence-electron chi connectivity index (χ3n) is 5.18. The summed E-state index contributed by atoms with van der Waals surface area (Å²) in [7, 11) is 0. The molecule has 0 bridgehead atoms. The fourth-order valence-corrected chi connectivity index (χ4v) is 4.49. The molecule has 3 N–H and O–H groups in total. The van der Waals surface area contributed by atoms with Crippen molar-refractivity contribution in [2.45, 2.75) is 38.5 Å². The predicted molar refractivity (Wildman–Crippen MR) is 89.0 cm³/mol. The van der Waals surface area contributed by atoms with Gasteiger partial charge in [0.2, 0.25) is 0 Å². The molecule has 0 amide bonds. The van der Waals surface area contributed by atoms with E-state index in [1.54, 1.807) is 0 Å². The lowest BCUT2D eigenvalue weighted by Gasteiger charge is -2.41. The van der Waals surface area contributed by atoms with Crippen LogP contribution in [0.5, 0.6) is 0 Å². The summed E-state index contributed by atoms with van der Waals surface area (Å²) >= 11 is 3.52. The first-order chi connectivity index (χ1) is 10.2. The summed E-state index contributed by atoms with van der Waals surface area (Å²) in [5.74, 6) is 0.165. The summed E-state index contributed by atoms with van der Waals surface area (Å²) in [6.07, 6.45) is 8.10. The molecule has 0 radical (unpaired) electrons. The van der Waals surface area contributed by atoms with E-state index in [4.69, 9.17) is 10.9 Å². The normalized spacial score (nSPS) is 22.0. The number of anilines is 1. The second-order valence-corrected chi connectivity index (χ2v) is 7.17. The van der Waals surface area contributed by atoms with Gasteiger partial charge in [0.25, 0.3) is 0 Å². The third kappa shape index (κ3) is 2.76. The fourth-order valence-electron chi connectivity index (χ4n) is 3.93. The van der Waals surface area contributed by atoms with Gasteiger partial charge >= 0.3 is 0 Å². The molecule has 4 nitrogen and oxygen atoms in total.